The predicted molar refractivity (Wildman–Crippen MR) is 178 cm³/mol. The fourth-order valence-electron chi connectivity index (χ4n) is 4.85. The summed E-state index contributed by atoms with van der Waals surface area (Å²) in [7, 11) is -11.8. The largest absolute Gasteiger partial charge is 0.497 e. The molecule has 14 nitrogen and oxygen atoms in total. The molecule has 0 atom stereocenters. The third kappa shape index (κ3) is 7.55. The highest BCUT2D eigenvalue weighted by atomic mass is 32.2. The van der Waals surface area contributed by atoms with Gasteiger partial charge in [-0.05, 0) is 71.8 Å². The molecule has 49 heavy (non-hydrogen) atoms. The molecular formula is C32H26N2O12S3. The van der Waals surface area contributed by atoms with Crippen LogP contribution in [0.4, 0.5) is 11.4 Å². The van der Waals surface area contributed by atoms with Crippen molar-refractivity contribution in [2.45, 2.75) is 19.6 Å². The smallest absolute Gasteiger partial charge is 0.296 e. The van der Waals surface area contributed by atoms with Gasteiger partial charge in [0.05, 0.1) is 35.4 Å². The van der Waals surface area contributed by atoms with Crippen LogP contribution in [0.3, 0.4) is 0 Å². The summed E-state index contributed by atoms with van der Waals surface area (Å²) in [6.45, 7) is 0. The molecule has 0 unspecified atom stereocenters. The topological polar surface area (TPSA) is 220 Å². The van der Waals surface area contributed by atoms with Crippen molar-refractivity contribution in [3.63, 3.8) is 0 Å². The fraction of sp³-hybridized carbons (Fsp3) is 0.0625. The van der Waals surface area contributed by atoms with Gasteiger partial charge >= 0.3 is 0 Å². The van der Waals surface area contributed by atoms with Crippen molar-refractivity contribution in [3.05, 3.63) is 96.1 Å². The Morgan fingerprint density at radius 1 is 0.633 bits per heavy atom. The zero-order chi connectivity index (χ0) is 35.7. The first-order valence-electron chi connectivity index (χ1n) is 13.8. The Balaban J connectivity index is 1.52. The summed E-state index contributed by atoms with van der Waals surface area (Å²) in [4.78, 5) is 22.6. The molecule has 5 rings (SSSR count). The van der Waals surface area contributed by atoms with Crippen molar-refractivity contribution in [2.75, 3.05) is 24.9 Å². The Bertz CT molecular complexity index is 2220. The van der Waals surface area contributed by atoms with Crippen LogP contribution in [-0.2, 0) is 39.7 Å². The Hall–Kier alpha value is -5.33. The van der Waals surface area contributed by atoms with Gasteiger partial charge in [0.1, 0.15) is 21.3 Å². The van der Waals surface area contributed by atoms with E-state index in [2.05, 4.69) is 10.6 Å². The number of amides is 2. The highest BCUT2D eigenvalue weighted by Gasteiger charge is 2.38. The molecule has 0 aromatic heterocycles. The van der Waals surface area contributed by atoms with Crippen LogP contribution < -0.4 is 20.1 Å². The standard InChI is InChI=1S/C32H26N2O12S3/c1-45-21-9-3-19(4-10-21)7-13-31(35)33-25-17-27-23(15-29(25)48(39,40)41)24-16-30(49(42,43)44)26(18-28(24)47(27,37)38)34-32(36)14-8-20-5-11-22(46-2)12-6-20/h3-18H,1-2H3,(H,33,35)(H,34,36)(H,39,40,41)(H,42,43,44)/b13-7+,14-8+. The SMILES string of the molecule is COc1ccc(/C=C/C(=O)Nc2cc3c(cc2S(=O)(=O)O)-c2cc(S(=O)(=O)O)c(NC(=O)/C=C/c4ccc(OC)cc4)cc2S3(=O)=O)cc1. The lowest BCUT2D eigenvalue weighted by Gasteiger charge is -2.12. The minimum absolute atomic E-state index is 0.350. The summed E-state index contributed by atoms with van der Waals surface area (Å²) in [6.07, 6.45) is 4.87. The zero-order valence-electron chi connectivity index (χ0n) is 25.4. The number of rotatable bonds is 10. The van der Waals surface area contributed by atoms with Gasteiger partial charge in [-0.1, -0.05) is 24.3 Å². The number of ether oxygens (including phenoxy) is 2. The molecule has 0 saturated heterocycles. The van der Waals surface area contributed by atoms with E-state index in [-0.39, 0.29) is 11.1 Å². The lowest BCUT2D eigenvalue weighted by Crippen LogP contribution is -2.13. The highest BCUT2D eigenvalue weighted by molar-refractivity contribution is 7.92. The summed E-state index contributed by atoms with van der Waals surface area (Å²) in [5.74, 6) is -0.621. The number of benzene rings is 4. The Labute approximate surface area is 281 Å². The molecule has 254 valence electrons. The highest BCUT2D eigenvalue weighted by Crippen LogP contribution is 2.48. The molecule has 0 radical (unpaired) electrons. The Morgan fingerprint density at radius 2 is 0.980 bits per heavy atom. The number of hydrogen-bond donors (Lipinski definition) is 4. The molecular weight excluding hydrogens is 701 g/mol. The van der Waals surface area contributed by atoms with Crippen molar-refractivity contribution in [1.29, 1.82) is 0 Å². The molecule has 0 saturated carbocycles. The van der Waals surface area contributed by atoms with E-state index in [1.54, 1.807) is 48.5 Å². The fourth-order valence-corrected chi connectivity index (χ4v) is 7.86. The van der Waals surface area contributed by atoms with Gasteiger partial charge in [0.2, 0.25) is 21.7 Å². The average Bonchev–Trinajstić information content (AvgIpc) is 3.26. The molecule has 2 amide bonds. The van der Waals surface area contributed by atoms with Crippen molar-refractivity contribution in [2.24, 2.45) is 0 Å². The molecule has 1 aliphatic rings. The average molecular weight is 727 g/mol. The van der Waals surface area contributed by atoms with Gasteiger partial charge in [-0.2, -0.15) is 16.8 Å². The van der Waals surface area contributed by atoms with Gasteiger partial charge in [0.15, 0.2) is 0 Å². The van der Waals surface area contributed by atoms with E-state index in [1.807, 2.05) is 0 Å². The second kappa shape index (κ2) is 13.3. The summed E-state index contributed by atoms with van der Waals surface area (Å²) in [5.41, 5.74) is -0.727. The van der Waals surface area contributed by atoms with Crippen LogP contribution >= 0.6 is 0 Å². The van der Waals surface area contributed by atoms with Crippen molar-refractivity contribution >= 4 is 65.4 Å². The van der Waals surface area contributed by atoms with Crippen molar-refractivity contribution < 1.29 is 53.4 Å². The lowest BCUT2D eigenvalue weighted by atomic mass is 10.0. The number of carbonyl (C=O) groups excluding carboxylic acids is 2. The van der Waals surface area contributed by atoms with E-state index < -0.39 is 72.8 Å². The van der Waals surface area contributed by atoms with E-state index in [0.717, 1.165) is 36.4 Å². The minimum Gasteiger partial charge on any atom is -0.497 e. The quantitative estimate of drug-likeness (QED) is 0.117. The van der Waals surface area contributed by atoms with Crippen LogP contribution in [0.25, 0.3) is 23.3 Å². The van der Waals surface area contributed by atoms with Gasteiger partial charge in [0, 0.05) is 23.3 Å². The van der Waals surface area contributed by atoms with Crippen LogP contribution in [0.2, 0.25) is 0 Å². The molecule has 0 fully saturated rings. The normalized spacial score (nSPS) is 13.6. The molecule has 1 aliphatic heterocycles. The van der Waals surface area contributed by atoms with E-state index >= 15 is 0 Å². The van der Waals surface area contributed by atoms with Crippen molar-refractivity contribution in [3.8, 4) is 22.6 Å². The first-order chi connectivity index (χ1) is 23.0. The minimum atomic E-state index is -5.10. The number of carbonyl (C=O) groups is 2. The van der Waals surface area contributed by atoms with Crippen LogP contribution in [0.5, 0.6) is 11.5 Å². The number of fused-ring (bicyclic) bond motifs is 3. The van der Waals surface area contributed by atoms with E-state index in [0.29, 0.717) is 22.6 Å². The molecule has 0 aliphatic carbocycles. The molecule has 0 bridgehead atoms. The van der Waals surface area contributed by atoms with Crippen LogP contribution in [0.1, 0.15) is 11.1 Å². The van der Waals surface area contributed by atoms with Gasteiger partial charge in [-0.15, -0.1) is 0 Å². The monoisotopic (exact) mass is 726 g/mol. The molecule has 0 spiro atoms. The first-order valence-corrected chi connectivity index (χ1v) is 18.2. The maximum atomic E-state index is 13.7. The van der Waals surface area contributed by atoms with Crippen LogP contribution in [0.15, 0.2) is 105 Å². The third-order valence-corrected chi connectivity index (χ3v) is 10.8. The molecule has 1 heterocycles. The maximum Gasteiger partial charge on any atom is 0.296 e. The van der Waals surface area contributed by atoms with E-state index in [1.165, 1.54) is 26.4 Å². The molecule has 4 aromatic carbocycles. The number of hydrogen-bond acceptors (Lipinski definition) is 10. The number of sulfone groups is 1. The summed E-state index contributed by atoms with van der Waals surface area (Å²) in [5, 5.41) is 4.50. The molecule has 4 N–H and O–H groups in total. The van der Waals surface area contributed by atoms with Crippen LogP contribution in [0, 0.1) is 0 Å². The molecule has 4 aromatic rings. The first kappa shape index (κ1) is 35.0. The summed E-state index contributed by atoms with van der Waals surface area (Å²) in [6, 6.07) is 16.2. The number of methoxy groups -OCH3 is 2. The van der Waals surface area contributed by atoms with Gasteiger partial charge in [0.25, 0.3) is 20.2 Å². The summed E-state index contributed by atoms with van der Waals surface area (Å²) >= 11 is 0. The maximum absolute atomic E-state index is 13.7. The summed E-state index contributed by atoms with van der Waals surface area (Å²) < 4.78 is 107. The zero-order valence-corrected chi connectivity index (χ0v) is 27.9. The third-order valence-electron chi connectivity index (χ3n) is 7.19. The van der Waals surface area contributed by atoms with Gasteiger partial charge < -0.3 is 20.1 Å². The number of nitrogens with one attached hydrogen (secondary N) is 2. The predicted octanol–water partition coefficient (Wildman–Crippen LogP) is 4.31. The van der Waals surface area contributed by atoms with Crippen molar-refractivity contribution in [1.82, 2.24) is 0 Å². The Kier molecular flexibility index (Phi) is 9.49. The second-order valence-electron chi connectivity index (χ2n) is 10.3. The second-order valence-corrected chi connectivity index (χ2v) is 15.0. The van der Waals surface area contributed by atoms with Gasteiger partial charge in [-0.3, -0.25) is 18.7 Å². The van der Waals surface area contributed by atoms with E-state index in [4.69, 9.17) is 9.47 Å². The lowest BCUT2D eigenvalue weighted by molar-refractivity contribution is -0.112. The van der Waals surface area contributed by atoms with Crippen LogP contribution in [-0.4, -0.2) is 60.4 Å². The Morgan fingerprint density at radius 3 is 1.29 bits per heavy atom. The molecule has 17 heteroatoms. The van der Waals surface area contributed by atoms with E-state index in [9.17, 15) is 43.9 Å². The van der Waals surface area contributed by atoms with Gasteiger partial charge in [-0.25, -0.2) is 8.42 Å². The number of anilines is 2.